The van der Waals surface area contributed by atoms with Gasteiger partial charge in [-0.1, -0.05) is 28.1 Å². The summed E-state index contributed by atoms with van der Waals surface area (Å²) in [5, 5.41) is 8.98. The van der Waals surface area contributed by atoms with Crippen LogP contribution in [-0.4, -0.2) is 47.7 Å². The summed E-state index contributed by atoms with van der Waals surface area (Å²) in [5.74, 6) is -0.603. The van der Waals surface area contributed by atoms with Crippen molar-refractivity contribution in [1.82, 2.24) is 4.90 Å². The van der Waals surface area contributed by atoms with Crippen LogP contribution in [0.3, 0.4) is 0 Å². The van der Waals surface area contributed by atoms with Gasteiger partial charge in [0.2, 0.25) is 5.91 Å². The highest BCUT2D eigenvalue weighted by Crippen LogP contribution is 2.49. The van der Waals surface area contributed by atoms with E-state index in [-0.39, 0.29) is 30.2 Å². The van der Waals surface area contributed by atoms with E-state index in [4.69, 9.17) is 9.84 Å². The SMILES string of the molecule is O=C(O)CC1COCCN1C(=O)C1CC1c1cccc(Br)c1. The molecule has 0 radical (unpaired) electrons. The third-order valence-corrected chi connectivity index (χ3v) is 4.80. The van der Waals surface area contributed by atoms with Crippen molar-refractivity contribution in [2.24, 2.45) is 5.92 Å². The molecule has 0 aromatic heterocycles. The molecule has 0 bridgehead atoms. The number of morpholine rings is 1. The number of rotatable bonds is 4. The summed E-state index contributed by atoms with van der Waals surface area (Å²) in [6.45, 7) is 1.28. The molecule has 1 heterocycles. The Labute approximate surface area is 137 Å². The van der Waals surface area contributed by atoms with Crippen molar-refractivity contribution in [3.63, 3.8) is 0 Å². The number of carbonyl (C=O) groups is 2. The van der Waals surface area contributed by atoms with Crippen molar-refractivity contribution in [1.29, 1.82) is 0 Å². The largest absolute Gasteiger partial charge is 0.481 e. The van der Waals surface area contributed by atoms with Gasteiger partial charge in [0.15, 0.2) is 0 Å². The number of carboxylic acids is 1. The molecule has 5 nitrogen and oxygen atoms in total. The molecule has 1 saturated heterocycles. The molecule has 1 aliphatic heterocycles. The van der Waals surface area contributed by atoms with Crippen LogP contribution in [0.1, 0.15) is 24.3 Å². The summed E-state index contributed by atoms with van der Waals surface area (Å²) in [7, 11) is 0. The first-order chi connectivity index (χ1) is 10.6. The van der Waals surface area contributed by atoms with Gasteiger partial charge in [0.1, 0.15) is 0 Å². The van der Waals surface area contributed by atoms with Crippen LogP contribution in [0, 0.1) is 5.92 Å². The van der Waals surface area contributed by atoms with E-state index in [9.17, 15) is 9.59 Å². The van der Waals surface area contributed by atoms with Crippen LogP contribution in [0.5, 0.6) is 0 Å². The highest BCUT2D eigenvalue weighted by Gasteiger charge is 2.47. The van der Waals surface area contributed by atoms with Gasteiger partial charge in [0, 0.05) is 16.9 Å². The van der Waals surface area contributed by atoms with E-state index in [1.807, 2.05) is 24.3 Å². The molecule has 0 spiro atoms. The second-order valence-electron chi connectivity index (χ2n) is 5.86. The molecule has 1 aromatic carbocycles. The fourth-order valence-corrected chi connectivity index (χ4v) is 3.52. The lowest BCUT2D eigenvalue weighted by atomic mass is 10.1. The minimum absolute atomic E-state index is 0.0244. The van der Waals surface area contributed by atoms with Crippen molar-refractivity contribution in [3.8, 4) is 0 Å². The number of carboxylic acid groups (broad SMARTS) is 1. The average Bonchev–Trinajstić information content (AvgIpc) is 3.27. The van der Waals surface area contributed by atoms with E-state index in [0.29, 0.717) is 19.8 Å². The highest BCUT2D eigenvalue weighted by molar-refractivity contribution is 9.10. The Bertz CT molecular complexity index is 591. The molecular weight excluding hydrogens is 350 g/mol. The maximum absolute atomic E-state index is 12.7. The fourth-order valence-electron chi connectivity index (χ4n) is 3.10. The molecule has 2 aliphatic rings. The van der Waals surface area contributed by atoms with E-state index in [1.54, 1.807) is 4.90 Å². The zero-order valence-electron chi connectivity index (χ0n) is 12.1. The van der Waals surface area contributed by atoms with Gasteiger partial charge in [0.25, 0.3) is 0 Å². The summed E-state index contributed by atoms with van der Waals surface area (Å²) in [6.07, 6.45) is 0.784. The van der Waals surface area contributed by atoms with Crippen LogP contribution in [0.15, 0.2) is 28.7 Å². The first-order valence-corrected chi connectivity index (χ1v) is 8.21. The maximum Gasteiger partial charge on any atom is 0.305 e. The van der Waals surface area contributed by atoms with Gasteiger partial charge < -0.3 is 14.7 Å². The Morgan fingerprint density at radius 3 is 2.95 bits per heavy atom. The predicted octanol–water partition coefficient (Wildman–Crippen LogP) is 2.25. The first kappa shape index (κ1) is 15.5. The lowest BCUT2D eigenvalue weighted by molar-refractivity contribution is -0.147. The van der Waals surface area contributed by atoms with Gasteiger partial charge >= 0.3 is 5.97 Å². The summed E-state index contributed by atoms with van der Waals surface area (Å²) >= 11 is 3.45. The molecule has 1 saturated carbocycles. The Kier molecular flexibility index (Phi) is 4.49. The molecular formula is C16H18BrNO4. The lowest BCUT2D eigenvalue weighted by Gasteiger charge is -2.35. The third-order valence-electron chi connectivity index (χ3n) is 4.31. The van der Waals surface area contributed by atoms with Gasteiger partial charge in [-0.05, 0) is 30.0 Å². The number of nitrogens with zero attached hydrogens (tertiary/aromatic N) is 1. The van der Waals surface area contributed by atoms with Gasteiger partial charge in [-0.15, -0.1) is 0 Å². The topological polar surface area (TPSA) is 66.8 Å². The number of ether oxygens (including phenoxy) is 1. The van der Waals surface area contributed by atoms with Crippen molar-refractivity contribution in [2.75, 3.05) is 19.8 Å². The van der Waals surface area contributed by atoms with Crippen LogP contribution < -0.4 is 0 Å². The summed E-state index contributed by atoms with van der Waals surface area (Å²) in [6, 6.07) is 7.68. The number of benzene rings is 1. The van der Waals surface area contributed by atoms with Gasteiger partial charge in [-0.2, -0.15) is 0 Å². The quantitative estimate of drug-likeness (QED) is 0.886. The van der Waals surface area contributed by atoms with Crippen molar-refractivity contribution in [2.45, 2.75) is 24.8 Å². The Morgan fingerprint density at radius 1 is 1.41 bits per heavy atom. The maximum atomic E-state index is 12.7. The zero-order chi connectivity index (χ0) is 15.7. The van der Waals surface area contributed by atoms with Crippen LogP contribution in [0.25, 0.3) is 0 Å². The number of carbonyl (C=O) groups excluding carboxylic acids is 1. The monoisotopic (exact) mass is 367 g/mol. The number of halogens is 1. The van der Waals surface area contributed by atoms with Gasteiger partial charge in [-0.3, -0.25) is 9.59 Å². The fraction of sp³-hybridized carbons (Fsp3) is 0.500. The second-order valence-corrected chi connectivity index (χ2v) is 6.78. The second kappa shape index (κ2) is 6.38. The van der Waals surface area contributed by atoms with E-state index < -0.39 is 5.97 Å². The number of hydrogen-bond donors (Lipinski definition) is 1. The molecule has 2 fully saturated rings. The Hall–Kier alpha value is -1.40. The molecule has 1 amide bonds. The van der Waals surface area contributed by atoms with E-state index in [0.717, 1.165) is 16.5 Å². The molecule has 3 atom stereocenters. The summed E-state index contributed by atoms with van der Waals surface area (Å²) in [5.41, 5.74) is 1.16. The van der Waals surface area contributed by atoms with Crippen LogP contribution in [0.2, 0.25) is 0 Å². The minimum Gasteiger partial charge on any atom is -0.481 e. The number of amides is 1. The molecule has 3 unspecified atom stereocenters. The minimum atomic E-state index is -0.896. The Balaban J connectivity index is 1.67. The highest BCUT2D eigenvalue weighted by atomic mass is 79.9. The molecule has 1 N–H and O–H groups in total. The van der Waals surface area contributed by atoms with Crippen LogP contribution in [0.4, 0.5) is 0 Å². The molecule has 3 rings (SSSR count). The number of aliphatic carboxylic acids is 1. The van der Waals surface area contributed by atoms with Gasteiger partial charge in [-0.25, -0.2) is 0 Å². The summed E-state index contributed by atoms with van der Waals surface area (Å²) in [4.78, 5) is 25.3. The van der Waals surface area contributed by atoms with Crippen molar-refractivity contribution in [3.05, 3.63) is 34.3 Å². The van der Waals surface area contributed by atoms with Crippen LogP contribution >= 0.6 is 15.9 Å². The van der Waals surface area contributed by atoms with Crippen molar-refractivity contribution < 1.29 is 19.4 Å². The molecule has 118 valence electrons. The first-order valence-electron chi connectivity index (χ1n) is 7.41. The van der Waals surface area contributed by atoms with E-state index in [2.05, 4.69) is 15.9 Å². The zero-order valence-corrected chi connectivity index (χ0v) is 13.7. The third kappa shape index (κ3) is 3.33. The van der Waals surface area contributed by atoms with Gasteiger partial charge in [0.05, 0.1) is 25.7 Å². The standard InChI is InChI=1S/C16H18BrNO4/c17-11-3-1-2-10(6-11)13-8-14(13)16(21)18-4-5-22-9-12(18)7-15(19)20/h1-3,6,12-14H,4-5,7-9H2,(H,19,20). The lowest BCUT2D eigenvalue weighted by Crippen LogP contribution is -2.50. The smallest absolute Gasteiger partial charge is 0.305 e. The molecule has 22 heavy (non-hydrogen) atoms. The average molecular weight is 368 g/mol. The van der Waals surface area contributed by atoms with Crippen molar-refractivity contribution >= 4 is 27.8 Å². The summed E-state index contributed by atoms with van der Waals surface area (Å²) < 4.78 is 6.34. The molecule has 6 heteroatoms. The molecule has 1 aromatic rings. The van der Waals surface area contributed by atoms with E-state index >= 15 is 0 Å². The normalized spacial score (nSPS) is 27.5. The van der Waals surface area contributed by atoms with E-state index in [1.165, 1.54) is 0 Å². The Morgan fingerprint density at radius 2 is 2.23 bits per heavy atom. The predicted molar refractivity (Wildman–Crippen MR) is 83.6 cm³/mol. The number of hydrogen-bond acceptors (Lipinski definition) is 3. The molecule has 1 aliphatic carbocycles. The van der Waals surface area contributed by atoms with Crippen LogP contribution in [-0.2, 0) is 14.3 Å².